The molecule has 0 saturated carbocycles. The highest BCUT2D eigenvalue weighted by molar-refractivity contribution is 6.31. The molecular formula is C15H22ClNO3. The lowest BCUT2D eigenvalue weighted by Gasteiger charge is -2.23. The molecule has 1 rings (SSSR count). The summed E-state index contributed by atoms with van der Waals surface area (Å²) in [6.45, 7) is 2.36. The summed E-state index contributed by atoms with van der Waals surface area (Å²) in [6, 6.07) is 7.47. The van der Waals surface area contributed by atoms with Crippen LogP contribution in [0.1, 0.15) is 25.3 Å². The number of aryl methyl sites for hydroxylation is 1. The van der Waals surface area contributed by atoms with E-state index in [1.54, 1.807) is 14.0 Å². The molecule has 1 amide bonds. The van der Waals surface area contributed by atoms with Crippen LogP contribution in [-0.4, -0.2) is 36.9 Å². The maximum Gasteiger partial charge on any atom is 0.220 e. The summed E-state index contributed by atoms with van der Waals surface area (Å²) in [7, 11) is 1.58. The normalized spacial score (nSPS) is 13.8. The monoisotopic (exact) mass is 299 g/mol. The Balaban J connectivity index is 2.32. The summed E-state index contributed by atoms with van der Waals surface area (Å²) in [5.74, 6) is -0.0948. The van der Waals surface area contributed by atoms with E-state index >= 15 is 0 Å². The van der Waals surface area contributed by atoms with E-state index in [0.717, 1.165) is 5.56 Å². The van der Waals surface area contributed by atoms with Gasteiger partial charge in [0.05, 0.1) is 5.60 Å². The number of hydrogen-bond acceptors (Lipinski definition) is 3. The Bertz CT molecular complexity index is 435. The first-order valence-corrected chi connectivity index (χ1v) is 7.04. The standard InChI is InChI=1S/C15H22ClNO3/c1-15(19,9-10-20-2)11-17-14(18)8-7-12-5-3-4-6-13(12)16/h3-6,19H,7-11H2,1-2H3,(H,17,18). The minimum Gasteiger partial charge on any atom is -0.388 e. The molecule has 0 bridgehead atoms. The molecule has 5 heteroatoms. The molecule has 0 heterocycles. The summed E-state index contributed by atoms with van der Waals surface area (Å²) in [4.78, 5) is 11.8. The van der Waals surface area contributed by atoms with Gasteiger partial charge in [0.15, 0.2) is 0 Å². The number of nitrogens with one attached hydrogen (secondary N) is 1. The van der Waals surface area contributed by atoms with Crippen LogP contribution in [0, 0.1) is 0 Å². The van der Waals surface area contributed by atoms with Gasteiger partial charge in [-0.25, -0.2) is 0 Å². The second-order valence-corrected chi connectivity index (χ2v) is 5.52. The van der Waals surface area contributed by atoms with Crippen LogP contribution >= 0.6 is 11.6 Å². The number of carbonyl (C=O) groups excluding carboxylic acids is 1. The average Bonchev–Trinajstić information content (AvgIpc) is 2.42. The minimum absolute atomic E-state index is 0.0948. The van der Waals surface area contributed by atoms with Gasteiger partial charge >= 0.3 is 0 Å². The van der Waals surface area contributed by atoms with Crippen LogP contribution in [0.5, 0.6) is 0 Å². The third-order valence-electron chi connectivity index (χ3n) is 3.09. The van der Waals surface area contributed by atoms with Crippen molar-refractivity contribution in [3.05, 3.63) is 34.9 Å². The largest absolute Gasteiger partial charge is 0.388 e. The van der Waals surface area contributed by atoms with Crippen molar-refractivity contribution in [3.8, 4) is 0 Å². The highest BCUT2D eigenvalue weighted by Crippen LogP contribution is 2.16. The fourth-order valence-electron chi connectivity index (χ4n) is 1.74. The summed E-state index contributed by atoms with van der Waals surface area (Å²) < 4.78 is 4.92. The van der Waals surface area contributed by atoms with Crippen molar-refractivity contribution >= 4 is 17.5 Å². The van der Waals surface area contributed by atoms with Crippen LogP contribution in [-0.2, 0) is 16.0 Å². The maximum atomic E-state index is 11.8. The van der Waals surface area contributed by atoms with Crippen molar-refractivity contribution in [2.24, 2.45) is 0 Å². The van der Waals surface area contributed by atoms with Crippen LogP contribution in [0.25, 0.3) is 0 Å². The summed E-state index contributed by atoms with van der Waals surface area (Å²) in [5, 5.41) is 13.4. The van der Waals surface area contributed by atoms with E-state index in [1.165, 1.54) is 0 Å². The van der Waals surface area contributed by atoms with Crippen molar-refractivity contribution in [1.82, 2.24) is 5.32 Å². The molecule has 0 aliphatic rings. The van der Waals surface area contributed by atoms with Crippen LogP contribution in [0.15, 0.2) is 24.3 Å². The molecule has 4 nitrogen and oxygen atoms in total. The molecule has 0 spiro atoms. The smallest absolute Gasteiger partial charge is 0.220 e. The van der Waals surface area contributed by atoms with Crippen molar-refractivity contribution in [2.45, 2.75) is 31.8 Å². The molecule has 2 N–H and O–H groups in total. The predicted octanol–water partition coefficient (Wildman–Crippen LogP) is 2.18. The average molecular weight is 300 g/mol. The first-order chi connectivity index (χ1) is 9.44. The molecule has 0 fully saturated rings. The fraction of sp³-hybridized carbons (Fsp3) is 0.533. The number of benzene rings is 1. The number of amides is 1. The first kappa shape index (κ1) is 17.0. The number of carbonyl (C=O) groups is 1. The van der Waals surface area contributed by atoms with Crippen LogP contribution in [0.4, 0.5) is 0 Å². The Morgan fingerprint density at radius 1 is 1.45 bits per heavy atom. The van der Waals surface area contributed by atoms with Gasteiger partial charge in [0.25, 0.3) is 0 Å². The molecular weight excluding hydrogens is 278 g/mol. The van der Waals surface area contributed by atoms with Gasteiger partial charge in [-0.2, -0.15) is 0 Å². The van der Waals surface area contributed by atoms with E-state index in [1.807, 2.05) is 24.3 Å². The summed E-state index contributed by atoms with van der Waals surface area (Å²) in [5.41, 5.74) is 0.00578. The zero-order valence-electron chi connectivity index (χ0n) is 12.0. The SMILES string of the molecule is COCCC(C)(O)CNC(=O)CCc1ccccc1Cl. The lowest BCUT2D eigenvalue weighted by molar-refractivity contribution is -0.122. The number of rotatable bonds is 8. The van der Waals surface area contributed by atoms with Gasteiger partial charge in [-0.1, -0.05) is 29.8 Å². The number of halogens is 1. The van der Waals surface area contributed by atoms with E-state index < -0.39 is 5.60 Å². The second-order valence-electron chi connectivity index (χ2n) is 5.11. The zero-order chi connectivity index (χ0) is 15.0. The van der Waals surface area contributed by atoms with Crippen LogP contribution in [0.3, 0.4) is 0 Å². The van der Waals surface area contributed by atoms with Crippen molar-refractivity contribution < 1.29 is 14.6 Å². The second kappa shape index (κ2) is 8.25. The lowest BCUT2D eigenvalue weighted by Crippen LogP contribution is -2.41. The topological polar surface area (TPSA) is 58.6 Å². The molecule has 1 aromatic carbocycles. The number of aliphatic hydroxyl groups is 1. The molecule has 1 aromatic rings. The Morgan fingerprint density at radius 2 is 2.15 bits per heavy atom. The summed E-state index contributed by atoms with van der Waals surface area (Å²) >= 11 is 6.03. The fourth-order valence-corrected chi connectivity index (χ4v) is 1.97. The van der Waals surface area contributed by atoms with E-state index in [2.05, 4.69) is 5.32 Å². The molecule has 0 aromatic heterocycles. The van der Waals surface area contributed by atoms with Crippen molar-refractivity contribution in [3.63, 3.8) is 0 Å². The van der Waals surface area contributed by atoms with Crippen LogP contribution < -0.4 is 5.32 Å². The number of methoxy groups -OCH3 is 1. The van der Waals surface area contributed by atoms with Gasteiger partial charge in [-0.15, -0.1) is 0 Å². The molecule has 112 valence electrons. The first-order valence-electron chi connectivity index (χ1n) is 6.66. The highest BCUT2D eigenvalue weighted by atomic mass is 35.5. The molecule has 0 aliphatic heterocycles. The number of ether oxygens (including phenoxy) is 1. The Labute approximate surface area is 125 Å². The Morgan fingerprint density at radius 3 is 2.80 bits per heavy atom. The molecule has 0 radical (unpaired) electrons. The van der Waals surface area contributed by atoms with Gasteiger partial charge in [-0.05, 0) is 25.0 Å². The third-order valence-corrected chi connectivity index (χ3v) is 3.46. The van der Waals surface area contributed by atoms with Crippen LogP contribution in [0.2, 0.25) is 5.02 Å². The van der Waals surface area contributed by atoms with Gasteiger partial charge < -0.3 is 15.2 Å². The zero-order valence-corrected chi connectivity index (χ0v) is 12.7. The Kier molecular flexibility index (Phi) is 6.99. The molecule has 0 saturated heterocycles. The molecule has 20 heavy (non-hydrogen) atoms. The van der Waals surface area contributed by atoms with E-state index in [0.29, 0.717) is 30.9 Å². The Hall–Kier alpha value is -1.10. The lowest BCUT2D eigenvalue weighted by atomic mass is 10.0. The van der Waals surface area contributed by atoms with E-state index in [4.69, 9.17) is 16.3 Å². The number of hydrogen-bond donors (Lipinski definition) is 2. The van der Waals surface area contributed by atoms with Gasteiger partial charge in [0.2, 0.25) is 5.91 Å². The quantitative estimate of drug-likeness (QED) is 0.773. The molecule has 0 aliphatic carbocycles. The highest BCUT2D eigenvalue weighted by Gasteiger charge is 2.20. The van der Waals surface area contributed by atoms with E-state index in [-0.39, 0.29) is 12.5 Å². The van der Waals surface area contributed by atoms with E-state index in [9.17, 15) is 9.90 Å². The minimum atomic E-state index is -0.948. The van der Waals surface area contributed by atoms with Gasteiger partial charge in [0, 0.05) is 38.1 Å². The summed E-state index contributed by atoms with van der Waals surface area (Å²) in [6.07, 6.45) is 1.42. The predicted molar refractivity (Wildman–Crippen MR) is 79.9 cm³/mol. The third kappa shape index (κ3) is 6.37. The van der Waals surface area contributed by atoms with Crippen molar-refractivity contribution in [2.75, 3.05) is 20.3 Å². The maximum absolute atomic E-state index is 11.8. The van der Waals surface area contributed by atoms with Crippen molar-refractivity contribution in [1.29, 1.82) is 0 Å². The van der Waals surface area contributed by atoms with Gasteiger partial charge in [0.1, 0.15) is 0 Å². The molecule has 1 atom stereocenters. The molecule has 1 unspecified atom stereocenters. The van der Waals surface area contributed by atoms with Gasteiger partial charge in [-0.3, -0.25) is 4.79 Å².